The maximum Gasteiger partial charge on any atom is 0.0332 e. The molecular weight excluding hydrogens is 768 g/mol. The van der Waals surface area contributed by atoms with E-state index >= 15 is 0 Å². The highest BCUT2D eigenvalue weighted by Crippen LogP contribution is 2.32. The van der Waals surface area contributed by atoms with Crippen LogP contribution in [0.15, 0.2) is 126 Å². The molecule has 0 atom stereocenters. The fourth-order valence-corrected chi connectivity index (χ4v) is 7.69. The van der Waals surface area contributed by atoms with Crippen LogP contribution in [0.5, 0.6) is 0 Å². The Hall–Kier alpha value is -2.46. The van der Waals surface area contributed by atoms with Crippen molar-refractivity contribution in [3.8, 4) is 0 Å². The quantitative estimate of drug-likeness (QED) is 0.0445. The van der Waals surface area contributed by atoms with E-state index in [2.05, 4.69) is 164 Å². The molecule has 6 rings (SSSR count). The van der Waals surface area contributed by atoms with Gasteiger partial charge in [-0.15, -0.1) is 6.58 Å². The number of unbranched alkanes of at least 4 members (excludes halogenated alkanes) is 9. The van der Waals surface area contributed by atoms with Gasteiger partial charge in [-0.1, -0.05) is 174 Å². The van der Waals surface area contributed by atoms with Crippen LogP contribution in [0.3, 0.4) is 0 Å². The van der Waals surface area contributed by atoms with Gasteiger partial charge in [-0.25, -0.2) is 0 Å². The number of fused-ring (bicyclic) bond motifs is 4. The molecule has 0 heterocycles. The number of halogens is 3. The Morgan fingerprint density at radius 1 is 0.447 bits per heavy atom. The minimum absolute atomic E-state index is 1.15. The van der Waals surface area contributed by atoms with E-state index in [-0.39, 0.29) is 0 Å². The van der Waals surface area contributed by atoms with Crippen LogP contribution in [0.1, 0.15) is 76.2 Å². The van der Waals surface area contributed by atoms with Crippen molar-refractivity contribution < 1.29 is 0 Å². The highest BCUT2D eigenvalue weighted by atomic mass is 79.9. The largest absolute Gasteiger partial charge is 0.103 e. The lowest BCUT2D eigenvalue weighted by molar-refractivity contribution is 0.611. The zero-order chi connectivity index (χ0) is 33.1. The molecule has 0 aliphatic heterocycles. The van der Waals surface area contributed by atoms with Gasteiger partial charge in [-0.05, 0) is 115 Å². The zero-order valence-corrected chi connectivity index (χ0v) is 32.5. The summed E-state index contributed by atoms with van der Waals surface area (Å²) < 4.78 is 1.19. The Bertz CT molecular complexity index is 1700. The van der Waals surface area contributed by atoms with E-state index in [0.717, 1.165) is 10.7 Å². The van der Waals surface area contributed by atoms with Crippen molar-refractivity contribution in [1.29, 1.82) is 0 Å². The molecule has 3 heteroatoms. The van der Waals surface area contributed by atoms with E-state index in [1.165, 1.54) is 125 Å². The second-order valence-electron chi connectivity index (χ2n) is 12.2. The summed E-state index contributed by atoms with van der Waals surface area (Å²) in [5.41, 5.74) is 1.54. The summed E-state index contributed by atoms with van der Waals surface area (Å²) in [5, 5.41) is 13.0. The van der Waals surface area contributed by atoms with Crippen molar-refractivity contribution in [2.24, 2.45) is 0 Å². The van der Waals surface area contributed by atoms with E-state index in [1.54, 1.807) is 5.56 Å². The Morgan fingerprint density at radius 2 is 0.809 bits per heavy atom. The molecule has 0 saturated heterocycles. The summed E-state index contributed by atoms with van der Waals surface area (Å²) >= 11 is 10.6. The summed E-state index contributed by atoms with van der Waals surface area (Å²) in [6.45, 7) is 3.67. The third-order valence-corrected chi connectivity index (χ3v) is 10.7. The molecule has 0 aliphatic carbocycles. The van der Waals surface area contributed by atoms with Gasteiger partial charge in [0, 0.05) is 15.1 Å². The molecule has 0 aliphatic rings. The second-order valence-corrected chi connectivity index (χ2v) is 14.6. The summed E-state index contributed by atoms with van der Waals surface area (Å²) in [7, 11) is 0. The Balaban J connectivity index is 0.000000178. The zero-order valence-electron chi connectivity index (χ0n) is 27.7. The predicted octanol–water partition coefficient (Wildman–Crippen LogP) is 15.5. The molecule has 0 nitrogen and oxygen atoms in total. The fourth-order valence-electron chi connectivity index (χ4n) is 6.18. The fraction of sp³-hybridized carbons (Fsp3) is 0.318. The van der Waals surface area contributed by atoms with Crippen molar-refractivity contribution in [2.45, 2.75) is 77.0 Å². The van der Waals surface area contributed by atoms with Gasteiger partial charge in [0.1, 0.15) is 0 Å². The molecule has 0 saturated carbocycles. The van der Waals surface area contributed by atoms with Gasteiger partial charge in [0.05, 0.1) is 0 Å². The number of alkyl halides is 2. The molecule has 0 bridgehead atoms. The molecule has 0 spiro atoms. The Labute approximate surface area is 308 Å². The average Bonchev–Trinajstić information content (AvgIpc) is 3.11. The maximum atomic E-state index is 3.68. The third kappa shape index (κ3) is 11.6. The van der Waals surface area contributed by atoms with Crippen LogP contribution < -0.4 is 0 Å². The first kappa shape index (κ1) is 37.4. The number of allylic oxidation sites excluding steroid dienone is 1. The Kier molecular flexibility index (Phi) is 17.1. The number of rotatable bonds is 14. The molecule has 6 aromatic rings. The highest BCUT2D eigenvalue weighted by Gasteiger charge is 2.07. The molecule has 6 aromatic carbocycles. The topological polar surface area (TPSA) is 0 Å². The van der Waals surface area contributed by atoms with Gasteiger partial charge in [-0.2, -0.15) is 0 Å². The van der Waals surface area contributed by atoms with Gasteiger partial charge in [0.15, 0.2) is 0 Å². The monoisotopic (exact) mass is 814 g/mol. The molecular formula is C44H49Br3. The van der Waals surface area contributed by atoms with Crippen LogP contribution >= 0.6 is 47.8 Å². The van der Waals surface area contributed by atoms with Crippen LogP contribution in [0.4, 0.5) is 0 Å². The van der Waals surface area contributed by atoms with Gasteiger partial charge in [-0.3, -0.25) is 0 Å². The predicted molar refractivity (Wildman–Crippen MR) is 223 cm³/mol. The van der Waals surface area contributed by atoms with Crippen LogP contribution in [-0.4, -0.2) is 10.7 Å². The van der Waals surface area contributed by atoms with E-state index in [4.69, 9.17) is 0 Å². The average molecular weight is 818 g/mol. The summed E-state index contributed by atoms with van der Waals surface area (Å²) in [5.74, 6) is 0. The number of hydrogen-bond donors (Lipinski definition) is 0. The second kappa shape index (κ2) is 21.5. The van der Waals surface area contributed by atoms with Gasteiger partial charge < -0.3 is 0 Å². The van der Waals surface area contributed by atoms with E-state index in [0.29, 0.717) is 0 Å². The smallest absolute Gasteiger partial charge is 0.0332 e. The van der Waals surface area contributed by atoms with Crippen LogP contribution in [0.2, 0.25) is 0 Å². The number of benzene rings is 6. The van der Waals surface area contributed by atoms with Gasteiger partial charge in [0.2, 0.25) is 0 Å². The first-order valence-corrected chi connectivity index (χ1v) is 20.4. The molecule has 0 N–H and O–H groups in total. The summed E-state index contributed by atoms with van der Waals surface area (Å²) in [6.07, 6.45) is 17.8. The minimum Gasteiger partial charge on any atom is -0.103 e. The summed E-state index contributed by atoms with van der Waals surface area (Å²) in [6, 6.07) is 39.1. The summed E-state index contributed by atoms with van der Waals surface area (Å²) in [4.78, 5) is 0. The number of aryl methyl sites for hydroxylation is 1. The Morgan fingerprint density at radius 3 is 1.26 bits per heavy atom. The molecule has 0 radical (unpaired) electrons. The van der Waals surface area contributed by atoms with E-state index in [1.807, 2.05) is 6.08 Å². The SMILES string of the molecule is BrCCCCCCCCc1c2ccccc2cc2ccccc12.Brc1c2ccccc2cc2ccccc12.C=CCCCCCCBr. The van der Waals surface area contributed by atoms with Crippen LogP contribution in [0, 0.1) is 0 Å². The third-order valence-electron chi connectivity index (χ3n) is 8.69. The van der Waals surface area contributed by atoms with Crippen LogP contribution in [0.25, 0.3) is 43.1 Å². The van der Waals surface area contributed by atoms with Crippen molar-refractivity contribution >= 4 is 90.9 Å². The molecule has 0 amide bonds. The van der Waals surface area contributed by atoms with Gasteiger partial charge in [0.25, 0.3) is 0 Å². The lowest BCUT2D eigenvalue weighted by atomic mass is 9.93. The molecule has 0 fully saturated rings. The first-order chi connectivity index (χ1) is 23.2. The normalized spacial score (nSPS) is 10.9. The molecule has 0 aromatic heterocycles. The molecule has 0 unspecified atom stereocenters. The van der Waals surface area contributed by atoms with E-state index < -0.39 is 0 Å². The molecule has 246 valence electrons. The molecule has 47 heavy (non-hydrogen) atoms. The van der Waals surface area contributed by atoms with Crippen molar-refractivity contribution in [3.63, 3.8) is 0 Å². The van der Waals surface area contributed by atoms with E-state index in [9.17, 15) is 0 Å². The van der Waals surface area contributed by atoms with Gasteiger partial charge >= 0.3 is 0 Å². The van der Waals surface area contributed by atoms with Crippen molar-refractivity contribution in [3.05, 3.63) is 132 Å². The lowest BCUT2D eigenvalue weighted by Crippen LogP contribution is -1.91. The lowest BCUT2D eigenvalue weighted by Gasteiger charge is -2.11. The maximum absolute atomic E-state index is 3.68. The van der Waals surface area contributed by atoms with Crippen molar-refractivity contribution in [2.75, 3.05) is 10.7 Å². The first-order valence-electron chi connectivity index (χ1n) is 17.4. The van der Waals surface area contributed by atoms with Crippen molar-refractivity contribution in [1.82, 2.24) is 0 Å². The highest BCUT2D eigenvalue weighted by molar-refractivity contribution is 9.11. The number of hydrogen-bond acceptors (Lipinski definition) is 0. The standard InChI is InChI=1S/C22H25Br.C14H9Br.C8H15Br/c23-16-10-4-2-1-3-5-15-22-20-13-8-6-11-18(20)17-19-12-7-9-14-21(19)22;15-14-12-7-3-1-5-10(12)9-11-6-2-4-8-13(11)14;1-2-3-4-5-6-7-8-9/h6-9,11-14,17H,1-5,10,15-16H2;1-9H;2H,1,3-8H2. The minimum atomic E-state index is 1.15. The van der Waals surface area contributed by atoms with Crippen LogP contribution in [-0.2, 0) is 6.42 Å².